The Kier molecular flexibility index (Phi) is 1.69. The van der Waals surface area contributed by atoms with Gasteiger partial charge < -0.3 is 5.73 Å². The molecule has 1 saturated heterocycles. The summed E-state index contributed by atoms with van der Waals surface area (Å²) in [6.45, 7) is 5.82. The number of piperidine rings is 1. The van der Waals surface area contributed by atoms with E-state index >= 15 is 0 Å². The minimum atomic E-state index is 0.509. The summed E-state index contributed by atoms with van der Waals surface area (Å²) in [5.41, 5.74) is 5.96. The van der Waals surface area contributed by atoms with Crippen LogP contribution in [0.4, 0.5) is 0 Å². The van der Waals surface area contributed by atoms with Crippen molar-refractivity contribution in [2.24, 2.45) is 11.7 Å². The number of likely N-dealkylation sites (tertiary alicyclic amines) is 1. The maximum atomic E-state index is 5.96. The molecule has 2 bridgehead atoms. The number of hydrogen-bond acceptors (Lipinski definition) is 2. The van der Waals surface area contributed by atoms with Gasteiger partial charge in [-0.2, -0.15) is 0 Å². The Bertz CT molecular complexity index is 154. The molecular weight excluding hydrogens is 136 g/mol. The van der Waals surface area contributed by atoms with Crippen LogP contribution in [-0.4, -0.2) is 29.6 Å². The van der Waals surface area contributed by atoms with E-state index in [1.54, 1.807) is 0 Å². The molecule has 3 atom stereocenters. The fourth-order valence-electron chi connectivity index (χ4n) is 2.66. The summed E-state index contributed by atoms with van der Waals surface area (Å²) in [6, 6.07) is 2.04. The summed E-state index contributed by atoms with van der Waals surface area (Å²) < 4.78 is 0. The average Bonchev–Trinajstić information content (AvgIpc) is 2.43. The molecule has 2 rings (SSSR count). The lowest BCUT2D eigenvalue weighted by atomic mass is 10.0. The van der Waals surface area contributed by atoms with Crippen LogP contribution in [0.15, 0.2) is 0 Å². The van der Waals surface area contributed by atoms with E-state index in [2.05, 4.69) is 18.7 Å². The van der Waals surface area contributed by atoms with Gasteiger partial charge in [-0.15, -0.1) is 0 Å². The van der Waals surface area contributed by atoms with Crippen LogP contribution >= 0.6 is 0 Å². The predicted molar refractivity (Wildman–Crippen MR) is 46.3 cm³/mol. The van der Waals surface area contributed by atoms with Gasteiger partial charge in [-0.25, -0.2) is 0 Å². The summed E-state index contributed by atoms with van der Waals surface area (Å²) in [7, 11) is 0. The van der Waals surface area contributed by atoms with Crippen LogP contribution in [0.1, 0.15) is 26.7 Å². The monoisotopic (exact) mass is 154 g/mol. The van der Waals surface area contributed by atoms with E-state index in [0.717, 1.165) is 18.0 Å². The second-order valence-electron chi connectivity index (χ2n) is 4.34. The highest BCUT2D eigenvalue weighted by atomic mass is 15.2. The van der Waals surface area contributed by atoms with Crippen molar-refractivity contribution in [3.8, 4) is 0 Å². The lowest BCUT2D eigenvalue weighted by Gasteiger charge is -2.32. The molecule has 11 heavy (non-hydrogen) atoms. The van der Waals surface area contributed by atoms with Gasteiger partial charge in [0.2, 0.25) is 0 Å². The molecule has 0 amide bonds. The molecule has 1 unspecified atom stereocenters. The van der Waals surface area contributed by atoms with E-state index in [-0.39, 0.29) is 0 Å². The Labute approximate surface area is 68.7 Å². The van der Waals surface area contributed by atoms with Crippen LogP contribution in [0, 0.1) is 5.92 Å². The minimum Gasteiger partial charge on any atom is -0.327 e. The van der Waals surface area contributed by atoms with Gasteiger partial charge in [0, 0.05) is 24.7 Å². The molecule has 64 valence electrons. The van der Waals surface area contributed by atoms with Gasteiger partial charge in [0.05, 0.1) is 0 Å². The molecule has 1 aliphatic heterocycles. The molecule has 2 heteroatoms. The highest BCUT2D eigenvalue weighted by Crippen LogP contribution is 2.37. The Morgan fingerprint density at radius 2 is 2.09 bits per heavy atom. The van der Waals surface area contributed by atoms with Crippen LogP contribution in [0.25, 0.3) is 0 Å². The molecule has 0 aromatic heterocycles. The molecule has 2 N–H and O–H groups in total. The molecular formula is C9H18N2. The number of rotatable bonds is 1. The maximum Gasteiger partial charge on any atom is 0.0117 e. The third-order valence-electron chi connectivity index (χ3n) is 3.30. The fourth-order valence-corrected chi connectivity index (χ4v) is 2.66. The van der Waals surface area contributed by atoms with E-state index < -0.39 is 0 Å². The summed E-state index contributed by atoms with van der Waals surface area (Å²) in [5, 5.41) is 0. The second-order valence-corrected chi connectivity index (χ2v) is 4.34. The number of hydrogen-bond donors (Lipinski definition) is 1. The van der Waals surface area contributed by atoms with Gasteiger partial charge in [0.1, 0.15) is 0 Å². The molecule has 0 radical (unpaired) electrons. The van der Waals surface area contributed by atoms with E-state index in [9.17, 15) is 0 Å². The lowest BCUT2D eigenvalue weighted by molar-refractivity contribution is 0.160. The maximum absolute atomic E-state index is 5.96. The van der Waals surface area contributed by atoms with Crippen molar-refractivity contribution in [3.63, 3.8) is 0 Å². The van der Waals surface area contributed by atoms with Crippen LogP contribution in [0.5, 0.6) is 0 Å². The molecule has 1 heterocycles. The van der Waals surface area contributed by atoms with Crippen LogP contribution < -0.4 is 5.73 Å². The molecule has 1 saturated carbocycles. The Morgan fingerprint density at radius 1 is 1.36 bits per heavy atom. The zero-order chi connectivity index (χ0) is 8.01. The Hall–Kier alpha value is -0.0800. The minimum absolute atomic E-state index is 0.509. The number of nitrogens with two attached hydrogens (primary N) is 1. The van der Waals surface area contributed by atoms with Crippen molar-refractivity contribution in [2.45, 2.75) is 44.8 Å². The molecule has 1 aliphatic carbocycles. The normalized spacial score (nSPS) is 44.2. The van der Waals surface area contributed by atoms with Crippen molar-refractivity contribution < 1.29 is 0 Å². The van der Waals surface area contributed by atoms with Crippen molar-refractivity contribution in [3.05, 3.63) is 0 Å². The van der Waals surface area contributed by atoms with Gasteiger partial charge in [0.25, 0.3) is 0 Å². The molecule has 0 aromatic carbocycles. The van der Waals surface area contributed by atoms with Crippen molar-refractivity contribution in [2.75, 3.05) is 6.54 Å². The fraction of sp³-hybridized carbons (Fsp3) is 1.00. The zero-order valence-electron chi connectivity index (χ0n) is 7.46. The van der Waals surface area contributed by atoms with Gasteiger partial charge in [0.15, 0.2) is 0 Å². The average molecular weight is 154 g/mol. The molecule has 2 aliphatic rings. The first kappa shape index (κ1) is 7.56. The van der Waals surface area contributed by atoms with Gasteiger partial charge in [-0.3, -0.25) is 4.90 Å². The van der Waals surface area contributed by atoms with Crippen LogP contribution in [0.2, 0.25) is 0 Å². The van der Waals surface area contributed by atoms with E-state index in [1.807, 2.05) is 0 Å². The molecule has 2 fully saturated rings. The summed E-state index contributed by atoms with van der Waals surface area (Å²) in [6.07, 6.45) is 2.60. The first-order valence-electron chi connectivity index (χ1n) is 4.70. The number of nitrogens with zero attached hydrogens (tertiary/aromatic N) is 1. The van der Waals surface area contributed by atoms with Crippen LogP contribution in [-0.2, 0) is 0 Å². The Morgan fingerprint density at radius 3 is 2.45 bits per heavy atom. The highest BCUT2D eigenvalue weighted by Gasteiger charge is 2.43. The quantitative estimate of drug-likeness (QED) is 0.606. The highest BCUT2D eigenvalue weighted by molar-refractivity contribution is 5.00. The van der Waals surface area contributed by atoms with Crippen molar-refractivity contribution in [1.29, 1.82) is 0 Å². The summed E-state index contributed by atoms with van der Waals surface area (Å²) in [5.74, 6) is 0.808. The SMILES string of the molecule is CC(C)N1CC2C[C@H]1C[C@@H]2N. The largest absolute Gasteiger partial charge is 0.327 e. The summed E-state index contributed by atoms with van der Waals surface area (Å²) in [4.78, 5) is 2.61. The zero-order valence-corrected chi connectivity index (χ0v) is 7.46. The van der Waals surface area contributed by atoms with E-state index in [4.69, 9.17) is 5.73 Å². The summed E-state index contributed by atoms with van der Waals surface area (Å²) >= 11 is 0. The second kappa shape index (κ2) is 2.46. The molecule has 2 nitrogen and oxygen atoms in total. The standard InChI is InChI=1S/C9H18N2/c1-6(2)11-5-7-3-8(11)4-9(7)10/h6-9H,3-5,10H2,1-2H3/t7?,8-,9-/m0/s1. The predicted octanol–water partition coefficient (Wildman–Crippen LogP) is 0.816. The smallest absolute Gasteiger partial charge is 0.0117 e. The van der Waals surface area contributed by atoms with Crippen molar-refractivity contribution in [1.82, 2.24) is 4.90 Å². The van der Waals surface area contributed by atoms with Gasteiger partial charge in [-0.1, -0.05) is 0 Å². The van der Waals surface area contributed by atoms with Gasteiger partial charge >= 0.3 is 0 Å². The van der Waals surface area contributed by atoms with Crippen LogP contribution in [0.3, 0.4) is 0 Å². The lowest BCUT2D eigenvalue weighted by Crippen LogP contribution is -2.44. The number of fused-ring (bicyclic) bond motifs is 2. The first-order chi connectivity index (χ1) is 5.18. The molecule has 0 aromatic rings. The Balaban J connectivity index is 2.02. The van der Waals surface area contributed by atoms with E-state index in [0.29, 0.717) is 6.04 Å². The first-order valence-corrected chi connectivity index (χ1v) is 4.70. The van der Waals surface area contributed by atoms with Crippen molar-refractivity contribution >= 4 is 0 Å². The third-order valence-corrected chi connectivity index (χ3v) is 3.30. The molecule has 0 spiro atoms. The third kappa shape index (κ3) is 1.09. The topological polar surface area (TPSA) is 29.3 Å². The van der Waals surface area contributed by atoms with Gasteiger partial charge in [-0.05, 0) is 32.6 Å². The van der Waals surface area contributed by atoms with E-state index in [1.165, 1.54) is 19.4 Å².